The summed E-state index contributed by atoms with van der Waals surface area (Å²) in [4.78, 5) is 24.9. The fraction of sp³-hybridized carbons (Fsp3) is 0.172. The number of nitrogens with one attached hydrogen (secondary N) is 1. The topological polar surface area (TPSA) is 79.5 Å². The van der Waals surface area contributed by atoms with Gasteiger partial charge < -0.3 is 14.8 Å². The second kappa shape index (κ2) is 8.14. The molecule has 2 atom stereocenters. The molecule has 2 aliphatic rings. The van der Waals surface area contributed by atoms with Crippen molar-refractivity contribution >= 4 is 45.4 Å². The number of carbonyl (C=O) groups excluding carboxylic acids is 1. The number of hydrogen-bond acceptors (Lipinski definition) is 4. The molecule has 2 heterocycles. The lowest BCUT2D eigenvalue weighted by Crippen LogP contribution is -2.29. The first kappa shape index (κ1) is 21.7. The van der Waals surface area contributed by atoms with E-state index < -0.39 is 12.0 Å². The normalized spacial score (nSPS) is 19.3. The number of carboxylic acid groups (broad SMARTS) is 1. The molecule has 0 fully saturated rings. The lowest BCUT2D eigenvalue weighted by Gasteiger charge is -2.35. The summed E-state index contributed by atoms with van der Waals surface area (Å²) in [7, 11) is 0. The van der Waals surface area contributed by atoms with Crippen LogP contribution in [0, 0.1) is 5.92 Å². The van der Waals surface area contributed by atoms with Crippen LogP contribution in [0.5, 0.6) is 0 Å². The van der Waals surface area contributed by atoms with E-state index >= 15 is 0 Å². The van der Waals surface area contributed by atoms with Crippen molar-refractivity contribution in [3.05, 3.63) is 94.2 Å². The van der Waals surface area contributed by atoms with Gasteiger partial charge in [0.1, 0.15) is 17.6 Å². The molecule has 6 rings (SSSR count). The number of fused-ring (bicyclic) bond motifs is 4. The molecule has 174 valence electrons. The Morgan fingerprint density at radius 1 is 1.06 bits per heavy atom. The van der Waals surface area contributed by atoms with E-state index in [2.05, 4.69) is 36.5 Å². The zero-order valence-corrected chi connectivity index (χ0v) is 19.7. The molecule has 0 saturated heterocycles. The minimum atomic E-state index is -1.10. The summed E-state index contributed by atoms with van der Waals surface area (Å²) in [5.74, 6) is 0.429. The summed E-state index contributed by atoms with van der Waals surface area (Å²) in [6, 6.07) is 20.4. The first-order chi connectivity index (χ1) is 16.9. The third kappa shape index (κ3) is 3.55. The quantitative estimate of drug-likeness (QED) is 0.318. The van der Waals surface area contributed by atoms with Crippen molar-refractivity contribution < 1.29 is 19.1 Å². The Morgan fingerprint density at radius 3 is 2.71 bits per heavy atom. The molecular weight excluding hydrogens is 462 g/mol. The van der Waals surface area contributed by atoms with Crippen molar-refractivity contribution in [2.45, 2.75) is 25.8 Å². The smallest absolute Gasteiger partial charge is 0.337 e. The van der Waals surface area contributed by atoms with Gasteiger partial charge in [-0.25, -0.2) is 4.79 Å². The number of carboxylic acids is 1. The number of hydrogen-bond donors (Lipinski definition) is 2. The minimum absolute atomic E-state index is 0.0140. The summed E-state index contributed by atoms with van der Waals surface area (Å²) in [5.41, 5.74) is 4.55. The van der Waals surface area contributed by atoms with Gasteiger partial charge in [0, 0.05) is 28.8 Å². The van der Waals surface area contributed by atoms with Crippen LogP contribution in [0.2, 0.25) is 5.02 Å². The molecule has 1 aliphatic heterocycles. The molecule has 2 N–H and O–H groups in total. The number of allylic oxidation sites excluding steroid dienone is 1. The molecule has 1 aromatic heterocycles. The number of carbonyl (C=O) groups is 2. The molecule has 0 unspecified atom stereocenters. The molecule has 0 radical (unpaired) electrons. The molecule has 0 saturated carbocycles. The maximum atomic E-state index is 13.4. The van der Waals surface area contributed by atoms with Crippen LogP contribution < -0.4 is 5.32 Å². The van der Waals surface area contributed by atoms with Crippen molar-refractivity contribution in [1.82, 2.24) is 0 Å². The number of halogens is 1. The number of aromatic carboxylic acids is 1. The predicted molar refractivity (Wildman–Crippen MR) is 137 cm³/mol. The van der Waals surface area contributed by atoms with E-state index in [1.54, 1.807) is 18.2 Å². The van der Waals surface area contributed by atoms with Gasteiger partial charge in [-0.05, 0) is 65.1 Å². The summed E-state index contributed by atoms with van der Waals surface area (Å²) in [6.45, 7) is 2.12. The lowest BCUT2D eigenvalue weighted by molar-refractivity contribution is -0.116. The second-order valence-corrected chi connectivity index (χ2v) is 9.72. The fourth-order valence-electron chi connectivity index (χ4n) is 5.36. The summed E-state index contributed by atoms with van der Waals surface area (Å²) >= 11 is 6.03. The molecule has 6 heteroatoms. The van der Waals surface area contributed by atoms with Gasteiger partial charge in [-0.3, -0.25) is 4.79 Å². The van der Waals surface area contributed by atoms with Gasteiger partial charge in [0.2, 0.25) is 0 Å². The number of Topliss-reactive ketones (excluding diaryl/α,β-unsaturated/α-hetero) is 1. The number of furan rings is 1. The van der Waals surface area contributed by atoms with E-state index in [-0.39, 0.29) is 22.3 Å². The van der Waals surface area contributed by atoms with Crippen molar-refractivity contribution in [2.24, 2.45) is 5.92 Å². The van der Waals surface area contributed by atoms with E-state index in [9.17, 15) is 14.7 Å². The molecular formula is C29H22ClNO4. The highest BCUT2D eigenvalue weighted by atomic mass is 35.5. The summed E-state index contributed by atoms with van der Waals surface area (Å²) in [5, 5.41) is 15.4. The van der Waals surface area contributed by atoms with E-state index in [1.807, 2.05) is 18.2 Å². The zero-order valence-electron chi connectivity index (χ0n) is 19.0. The molecule has 3 aromatic carbocycles. The highest BCUT2D eigenvalue weighted by Crippen LogP contribution is 2.49. The summed E-state index contributed by atoms with van der Waals surface area (Å²) < 4.78 is 6.23. The van der Waals surface area contributed by atoms with Gasteiger partial charge in [-0.15, -0.1) is 0 Å². The van der Waals surface area contributed by atoms with Crippen LogP contribution in [0.3, 0.4) is 0 Å². The van der Waals surface area contributed by atoms with Crippen LogP contribution >= 0.6 is 11.6 Å². The highest BCUT2D eigenvalue weighted by molar-refractivity contribution is 6.33. The fourth-order valence-corrected chi connectivity index (χ4v) is 5.56. The molecule has 1 aliphatic carbocycles. The molecule has 0 amide bonds. The second-order valence-electron chi connectivity index (χ2n) is 9.32. The van der Waals surface area contributed by atoms with Crippen LogP contribution in [0.25, 0.3) is 27.7 Å². The van der Waals surface area contributed by atoms with Gasteiger partial charge in [-0.1, -0.05) is 48.9 Å². The Hall–Kier alpha value is -3.83. The Balaban J connectivity index is 1.48. The maximum absolute atomic E-state index is 13.4. The predicted octanol–water partition coefficient (Wildman–Crippen LogP) is 7.37. The van der Waals surface area contributed by atoms with Crippen molar-refractivity contribution in [2.75, 3.05) is 5.32 Å². The van der Waals surface area contributed by atoms with Crippen molar-refractivity contribution in [1.29, 1.82) is 0 Å². The Morgan fingerprint density at radius 2 is 1.89 bits per heavy atom. The molecule has 5 nitrogen and oxygen atoms in total. The maximum Gasteiger partial charge on any atom is 0.337 e. The average Bonchev–Trinajstić information content (AvgIpc) is 3.33. The molecule has 4 aromatic rings. The summed E-state index contributed by atoms with van der Waals surface area (Å²) in [6.07, 6.45) is 1.33. The van der Waals surface area contributed by atoms with E-state index in [0.29, 0.717) is 23.5 Å². The third-order valence-corrected chi connectivity index (χ3v) is 7.25. The number of ketones is 1. The van der Waals surface area contributed by atoms with E-state index in [0.717, 1.165) is 39.6 Å². The Kier molecular flexibility index (Phi) is 5.04. The largest absolute Gasteiger partial charge is 0.478 e. The standard InChI is InChI=1S/C29H22ClNO4/c1-15-12-20-26-18-5-3-2-4-16(18)7-9-22(26)31-28(27(20)23(32)13-15)25-11-10-24(35-25)17-6-8-21(30)19(14-17)29(33)34/h2-11,14-15,28,31H,12-13H2,1H3,(H,33,34)/t15-,28-/m1/s1. The van der Waals surface area contributed by atoms with Gasteiger partial charge in [0.05, 0.1) is 10.6 Å². The van der Waals surface area contributed by atoms with Gasteiger partial charge in [-0.2, -0.15) is 0 Å². The van der Waals surface area contributed by atoms with Crippen molar-refractivity contribution in [3.63, 3.8) is 0 Å². The number of rotatable bonds is 3. The lowest BCUT2D eigenvalue weighted by atomic mass is 9.74. The first-order valence-corrected chi connectivity index (χ1v) is 12.0. The van der Waals surface area contributed by atoms with Crippen molar-refractivity contribution in [3.8, 4) is 11.3 Å². The van der Waals surface area contributed by atoms with Crippen LogP contribution in [0.4, 0.5) is 5.69 Å². The third-order valence-electron chi connectivity index (χ3n) is 6.92. The molecule has 0 spiro atoms. The monoisotopic (exact) mass is 483 g/mol. The zero-order chi connectivity index (χ0) is 24.3. The average molecular weight is 484 g/mol. The van der Waals surface area contributed by atoms with Crippen LogP contribution in [0.1, 0.15) is 47.5 Å². The minimum Gasteiger partial charge on any atom is -0.478 e. The van der Waals surface area contributed by atoms with E-state index in [1.165, 1.54) is 6.07 Å². The van der Waals surface area contributed by atoms with Gasteiger partial charge in [0.25, 0.3) is 0 Å². The Labute approximate surface area is 207 Å². The SMILES string of the molecule is C[C@H]1CC(=O)C2=C(C1)c1c(ccc3ccccc13)N[C@@H]2c1ccc(-c2ccc(Cl)c(C(=O)O)c2)o1. The van der Waals surface area contributed by atoms with Crippen LogP contribution in [-0.4, -0.2) is 16.9 Å². The first-order valence-electron chi connectivity index (χ1n) is 11.6. The number of anilines is 1. The van der Waals surface area contributed by atoms with E-state index in [4.69, 9.17) is 16.0 Å². The highest BCUT2D eigenvalue weighted by Gasteiger charge is 2.38. The number of benzene rings is 3. The molecule has 0 bridgehead atoms. The van der Waals surface area contributed by atoms with Crippen LogP contribution in [0.15, 0.2) is 76.7 Å². The van der Waals surface area contributed by atoms with Gasteiger partial charge >= 0.3 is 5.97 Å². The molecule has 35 heavy (non-hydrogen) atoms. The Bertz CT molecular complexity index is 1560. The van der Waals surface area contributed by atoms with Crippen LogP contribution in [-0.2, 0) is 4.79 Å². The van der Waals surface area contributed by atoms with Gasteiger partial charge in [0.15, 0.2) is 5.78 Å².